The van der Waals surface area contributed by atoms with Crippen molar-refractivity contribution in [2.45, 2.75) is 24.8 Å². The first-order valence-electron chi connectivity index (χ1n) is 12.4. The number of nitrogen functional groups attached to an aromatic ring is 1. The third kappa shape index (κ3) is 3.97. The second kappa shape index (κ2) is 9.04. The van der Waals surface area contributed by atoms with Crippen LogP contribution in [0.25, 0.3) is 39.5 Å². The van der Waals surface area contributed by atoms with Crippen LogP contribution in [0.3, 0.4) is 0 Å². The largest absolute Gasteiger partial charge is 0.383 e. The number of halogens is 1. The Kier molecular flexibility index (Phi) is 5.65. The van der Waals surface area contributed by atoms with Crippen molar-refractivity contribution in [1.82, 2.24) is 24.8 Å². The average molecular weight is 508 g/mol. The number of nitrogens with zero attached hydrogens (tertiary/aromatic N) is 4. The molecule has 1 saturated carbocycles. The van der Waals surface area contributed by atoms with Crippen molar-refractivity contribution >= 4 is 22.9 Å². The van der Waals surface area contributed by atoms with Gasteiger partial charge in [0, 0.05) is 35.6 Å². The minimum absolute atomic E-state index is 0.212. The van der Waals surface area contributed by atoms with Gasteiger partial charge in [0.2, 0.25) is 0 Å². The normalized spacial score (nSPS) is 14.3. The molecule has 0 aliphatic heterocycles. The summed E-state index contributed by atoms with van der Waals surface area (Å²) in [5, 5.41) is 2.53. The minimum Gasteiger partial charge on any atom is -0.383 e. The van der Waals surface area contributed by atoms with E-state index in [1.165, 1.54) is 19.2 Å². The smallest absolute Gasteiger partial charge is 0.251 e. The predicted octanol–water partition coefficient (Wildman–Crippen LogP) is 4.57. The monoisotopic (exact) mass is 507 g/mol. The first-order chi connectivity index (χ1) is 18.4. The van der Waals surface area contributed by atoms with Gasteiger partial charge in [-0.1, -0.05) is 12.1 Å². The lowest BCUT2D eigenvalue weighted by Gasteiger charge is -2.38. The van der Waals surface area contributed by atoms with Crippen LogP contribution in [-0.4, -0.2) is 32.5 Å². The highest BCUT2D eigenvalue weighted by Gasteiger charge is 2.34. The third-order valence-electron chi connectivity index (χ3n) is 7.21. The highest BCUT2D eigenvalue weighted by molar-refractivity contribution is 5.95. The van der Waals surface area contributed by atoms with Gasteiger partial charge in [0.15, 0.2) is 11.5 Å². The number of imidazole rings is 1. The van der Waals surface area contributed by atoms with Gasteiger partial charge in [-0.05, 0) is 79.4 Å². The molecule has 3 aromatic heterocycles. The Morgan fingerprint density at radius 3 is 2.53 bits per heavy atom. The average Bonchev–Trinajstić information content (AvgIpc) is 3.29. The van der Waals surface area contributed by atoms with E-state index in [0.717, 1.165) is 30.5 Å². The zero-order valence-corrected chi connectivity index (χ0v) is 20.8. The standard InChI is InChI=1S/C29H26FN7O/c1-33-28(38)18-14-17(15-20(30)16-18)23-9-10-24-27(35-23)37(26(36-24)22-4-2-13-34-25(22)31)21-7-5-19(6-8-21)29(32)11-3-12-29/h2,4-10,13-16H,3,11-12,32H2,1H3,(H2,31,34)(H,33,38). The number of hydrogen-bond donors (Lipinski definition) is 3. The molecule has 1 aliphatic rings. The quantitative estimate of drug-likeness (QED) is 0.320. The molecule has 38 heavy (non-hydrogen) atoms. The van der Waals surface area contributed by atoms with E-state index in [2.05, 4.69) is 10.3 Å². The van der Waals surface area contributed by atoms with E-state index in [0.29, 0.717) is 39.6 Å². The molecule has 1 amide bonds. The highest BCUT2D eigenvalue weighted by atomic mass is 19.1. The molecule has 5 N–H and O–H groups in total. The number of nitrogens with one attached hydrogen (secondary N) is 1. The molecule has 0 atom stereocenters. The summed E-state index contributed by atoms with van der Waals surface area (Å²) in [6, 6.07) is 19.5. The first-order valence-corrected chi connectivity index (χ1v) is 12.4. The summed E-state index contributed by atoms with van der Waals surface area (Å²) in [4.78, 5) is 26.1. The van der Waals surface area contributed by atoms with Gasteiger partial charge < -0.3 is 16.8 Å². The second-order valence-corrected chi connectivity index (χ2v) is 9.61. The molecule has 1 fully saturated rings. The minimum atomic E-state index is -0.525. The number of rotatable bonds is 5. The Labute approximate surface area is 218 Å². The number of carbonyl (C=O) groups excluding carboxylic acids is 1. The van der Waals surface area contributed by atoms with Crippen LogP contribution in [-0.2, 0) is 5.54 Å². The van der Waals surface area contributed by atoms with Crippen LogP contribution in [0.4, 0.5) is 10.2 Å². The van der Waals surface area contributed by atoms with Crippen molar-refractivity contribution in [2.24, 2.45) is 5.73 Å². The maximum Gasteiger partial charge on any atom is 0.251 e. The summed E-state index contributed by atoms with van der Waals surface area (Å²) < 4.78 is 16.4. The van der Waals surface area contributed by atoms with Gasteiger partial charge in [0.25, 0.3) is 5.91 Å². The molecule has 0 bridgehead atoms. The van der Waals surface area contributed by atoms with E-state index in [1.54, 1.807) is 24.4 Å². The summed E-state index contributed by atoms with van der Waals surface area (Å²) in [6.45, 7) is 0. The molecule has 0 radical (unpaired) electrons. The maximum atomic E-state index is 14.4. The van der Waals surface area contributed by atoms with Gasteiger partial charge in [0.05, 0.1) is 11.3 Å². The summed E-state index contributed by atoms with van der Waals surface area (Å²) in [5.41, 5.74) is 17.5. The molecular weight excluding hydrogens is 481 g/mol. The molecule has 5 aromatic rings. The molecule has 0 unspecified atom stereocenters. The fourth-order valence-corrected chi connectivity index (χ4v) is 4.95. The van der Waals surface area contributed by atoms with Gasteiger partial charge in [-0.2, -0.15) is 0 Å². The molecule has 0 spiro atoms. The third-order valence-corrected chi connectivity index (χ3v) is 7.21. The zero-order chi connectivity index (χ0) is 26.4. The highest BCUT2D eigenvalue weighted by Crippen LogP contribution is 2.39. The van der Waals surface area contributed by atoms with Crippen LogP contribution in [0, 0.1) is 5.82 Å². The molecule has 9 heteroatoms. The first kappa shape index (κ1) is 23.7. The SMILES string of the molecule is CNC(=O)c1cc(F)cc(-c2ccc3nc(-c4cccnc4N)n(-c4ccc(C5(N)CCC5)cc4)c3n2)c1. The van der Waals surface area contributed by atoms with E-state index in [4.69, 9.17) is 21.4 Å². The maximum absolute atomic E-state index is 14.4. The number of fused-ring (bicyclic) bond motifs is 1. The molecule has 3 heterocycles. The van der Waals surface area contributed by atoms with Crippen LogP contribution in [0.15, 0.2) is 72.9 Å². The van der Waals surface area contributed by atoms with E-state index in [1.807, 2.05) is 41.0 Å². The Morgan fingerprint density at radius 2 is 1.84 bits per heavy atom. The van der Waals surface area contributed by atoms with Gasteiger partial charge in [0.1, 0.15) is 17.2 Å². The van der Waals surface area contributed by atoms with E-state index in [-0.39, 0.29) is 17.0 Å². The van der Waals surface area contributed by atoms with Crippen molar-refractivity contribution < 1.29 is 9.18 Å². The van der Waals surface area contributed by atoms with Crippen LogP contribution in [0.2, 0.25) is 0 Å². The number of anilines is 1. The Morgan fingerprint density at radius 1 is 1.05 bits per heavy atom. The molecule has 0 saturated heterocycles. The fourth-order valence-electron chi connectivity index (χ4n) is 4.95. The molecule has 2 aromatic carbocycles. The van der Waals surface area contributed by atoms with E-state index < -0.39 is 5.82 Å². The molecular formula is C29H26FN7O. The number of hydrogen-bond acceptors (Lipinski definition) is 6. The Hall–Kier alpha value is -4.63. The van der Waals surface area contributed by atoms with Gasteiger partial charge in [-0.15, -0.1) is 0 Å². The van der Waals surface area contributed by atoms with Gasteiger partial charge in [-0.3, -0.25) is 9.36 Å². The zero-order valence-electron chi connectivity index (χ0n) is 20.8. The summed E-state index contributed by atoms with van der Waals surface area (Å²) in [7, 11) is 1.50. The Balaban J connectivity index is 1.55. The number of aromatic nitrogens is 4. The number of nitrogens with two attached hydrogens (primary N) is 2. The summed E-state index contributed by atoms with van der Waals surface area (Å²) >= 11 is 0. The predicted molar refractivity (Wildman–Crippen MR) is 145 cm³/mol. The van der Waals surface area contributed by atoms with Gasteiger partial charge >= 0.3 is 0 Å². The van der Waals surface area contributed by atoms with Crippen LogP contribution < -0.4 is 16.8 Å². The number of carbonyl (C=O) groups is 1. The van der Waals surface area contributed by atoms with Gasteiger partial charge in [-0.25, -0.2) is 19.3 Å². The van der Waals surface area contributed by atoms with E-state index >= 15 is 0 Å². The lowest BCUT2D eigenvalue weighted by atomic mass is 9.73. The number of amides is 1. The molecule has 6 rings (SSSR count). The van der Waals surface area contributed by atoms with Crippen molar-refractivity contribution in [3.63, 3.8) is 0 Å². The van der Waals surface area contributed by atoms with Crippen molar-refractivity contribution in [3.05, 3.63) is 89.9 Å². The van der Waals surface area contributed by atoms with Crippen LogP contribution in [0.5, 0.6) is 0 Å². The summed E-state index contributed by atoms with van der Waals surface area (Å²) in [6.07, 6.45) is 4.69. The van der Waals surface area contributed by atoms with E-state index in [9.17, 15) is 9.18 Å². The second-order valence-electron chi connectivity index (χ2n) is 9.61. The van der Waals surface area contributed by atoms with Crippen LogP contribution in [0.1, 0.15) is 35.2 Å². The lowest BCUT2D eigenvalue weighted by molar-refractivity contribution is 0.0962. The topological polar surface area (TPSA) is 125 Å². The molecule has 190 valence electrons. The number of benzene rings is 2. The molecule has 1 aliphatic carbocycles. The fraction of sp³-hybridized carbons (Fsp3) is 0.172. The van der Waals surface area contributed by atoms with Crippen molar-refractivity contribution in [2.75, 3.05) is 12.8 Å². The van der Waals surface area contributed by atoms with Crippen LogP contribution >= 0.6 is 0 Å². The summed E-state index contributed by atoms with van der Waals surface area (Å²) in [5.74, 6) is 0.0223. The molecule has 8 nitrogen and oxygen atoms in total. The lowest BCUT2D eigenvalue weighted by Crippen LogP contribution is -2.43. The number of pyridine rings is 2. The van der Waals surface area contributed by atoms with Crippen molar-refractivity contribution in [3.8, 4) is 28.3 Å². The Bertz CT molecular complexity index is 1690. The van der Waals surface area contributed by atoms with Crippen molar-refractivity contribution in [1.29, 1.82) is 0 Å².